The van der Waals surface area contributed by atoms with E-state index in [9.17, 15) is 14.0 Å². The third-order valence-electron chi connectivity index (χ3n) is 6.11. The molecular weight excluding hydrogens is 553 g/mol. The molecule has 3 aromatic carbocycles. The molecule has 9 heteroatoms. The van der Waals surface area contributed by atoms with Crippen molar-refractivity contribution in [3.05, 3.63) is 93.1 Å². The van der Waals surface area contributed by atoms with Gasteiger partial charge in [0.1, 0.15) is 24.8 Å². The Kier molecular flexibility index (Phi) is 9.43. The van der Waals surface area contributed by atoms with Crippen molar-refractivity contribution in [2.75, 3.05) is 19.8 Å². The summed E-state index contributed by atoms with van der Waals surface area (Å²) >= 11 is 6.92. The fourth-order valence-corrected chi connectivity index (χ4v) is 5.04. The number of hydrogen-bond donors (Lipinski definition) is 0. The summed E-state index contributed by atoms with van der Waals surface area (Å²) in [6, 6.07) is 17.2. The molecule has 3 aromatic rings. The molecule has 0 N–H and O–H groups in total. The van der Waals surface area contributed by atoms with E-state index in [1.165, 1.54) is 17.7 Å². The van der Waals surface area contributed by atoms with Gasteiger partial charge < -0.3 is 14.2 Å². The van der Waals surface area contributed by atoms with Crippen molar-refractivity contribution in [2.45, 2.75) is 39.7 Å². The zero-order chi connectivity index (χ0) is 28.9. The highest BCUT2D eigenvalue weighted by molar-refractivity contribution is 8.18. The summed E-state index contributed by atoms with van der Waals surface area (Å²) in [7, 11) is 0. The number of hydrogen-bond acceptors (Lipinski definition) is 6. The molecule has 0 unspecified atom stereocenters. The van der Waals surface area contributed by atoms with Crippen molar-refractivity contribution < 1.29 is 28.2 Å². The van der Waals surface area contributed by atoms with Gasteiger partial charge in [-0.2, -0.15) is 0 Å². The van der Waals surface area contributed by atoms with Crippen molar-refractivity contribution in [3.63, 3.8) is 0 Å². The zero-order valence-corrected chi connectivity index (χ0v) is 24.4. The maximum absolute atomic E-state index is 13.4. The summed E-state index contributed by atoms with van der Waals surface area (Å²) in [4.78, 5) is 26.9. The number of halogens is 2. The standard InChI is InChI=1S/C31H31ClFNO5S/c1-5-37-27-16-20(6-13-26(27)39-15-14-38-24-11-8-22(9-12-24)31(2,3)4)17-28-29(35)34(30(36)40-28)19-21-7-10-23(33)18-25(21)32/h6-13,16-18H,5,14-15,19H2,1-4H3/b28-17-. The van der Waals surface area contributed by atoms with Gasteiger partial charge in [-0.3, -0.25) is 14.5 Å². The molecular formula is C31H31ClFNO5S. The Labute approximate surface area is 243 Å². The molecule has 0 spiro atoms. The number of ether oxygens (including phenoxy) is 3. The Morgan fingerprint density at radius 2 is 1.65 bits per heavy atom. The van der Waals surface area contributed by atoms with E-state index < -0.39 is 17.0 Å². The highest BCUT2D eigenvalue weighted by Gasteiger charge is 2.35. The topological polar surface area (TPSA) is 65.1 Å². The molecule has 1 aliphatic rings. The van der Waals surface area contributed by atoms with Gasteiger partial charge in [-0.05, 0) is 83.3 Å². The Morgan fingerprint density at radius 3 is 2.33 bits per heavy atom. The SMILES string of the molecule is CCOc1cc(/C=C2\SC(=O)N(Cc3ccc(F)cc3Cl)C2=O)ccc1OCCOc1ccc(C(C)(C)C)cc1. The van der Waals surface area contributed by atoms with E-state index >= 15 is 0 Å². The van der Waals surface area contributed by atoms with Gasteiger partial charge >= 0.3 is 0 Å². The van der Waals surface area contributed by atoms with E-state index in [1.807, 2.05) is 19.1 Å². The fraction of sp³-hybridized carbons (Fsp3) is 0.290. The second-order valence-corrected chi connectivity index (χ2v) is 11.5. The van der Waals surface area contributed by atoms with Gasteiger partial charge in [-0.15, -0.1) is 0 Å². The van der Waals surface area contributed by atoms with E-state index in [1.54, 1.807) is 24.3 Å². The van der Waals surface area contributed by atoms with E-state index in [2.05, 4.69) is 32.9 Å². The van der Waals surface area contributed by atoms with Crippen LogP contribution in [0.15, 0.2) is 65.6 Å². The lowest BCUT2D eigenvalue weighted by Crippen LogP contribution is -2.27. The van der Waals surface area contributed by atoms with Crippen LogP contribution in [-0.2, 0) is 16.8 Å². The van der Waals surface area contributed by atoms with Crippen LogP contribution in [0.4, 0.5) is 9.18 Å². The average molecular weight is 584 g/mol. The van der Waals surface area contributed by atoms with E-state index in [0.717, 1.165) is 28.5 Å². The molecule has 1 heterocycles. The van der Waals surface area contributed by atoms with Crippen molar-refractivity contribution in [1.29, 1.82) is 0 Å². The maximum Gasteiger partial charge on any atom is 0.293 e. The number of rotatable bonds is 10. The van der Waals surface area contributed by atoms with Gasteiger partial charge in [0.05, 0.1) is 18.1 Å². The first-order chi connectivity index (χ1) is 19.0. The van der Waals surface area contributed by atoms with Gasteiger partial charge in [-0.1, -0.05) is 56.6 Å². The zero-order valence-electron chi connectivity index (χ0n) is 22.8. The van der Waals surface area contributed by atoms with Crippen LogP contribution in [-0.4, -0.2) is 35.9 Å². The van der Waals surface area contributed by atoms with Crippen molar-refractivity contribution in [1.82, 2.24) is 4.90 Å². The summed E-state index contributed by atoms with van der Waals surface area (Å²) in [6.45, 7) is 9.41. The van der Waals surface area contributed by atoms with Crippen LogP contribution in [0.25, 0.3) is 6.08 Å². The number of carbonyl (C=O) groups excluding carboxylic acids is 2. The molecule has 0 aliphatic carbocycles. The normalized spacial score (nSPS) is 14.7. The molecule has 2 amide bonds. The molecule has 0 aromatic heterocycles. The summed E-state index contributed by atoms with van der Waals surface area (Å²) in [5.74, 6) is 0.903. The van der Waals surface area contributed by atoms with Crippen molar-refractivity contribution in [2.24, 2.45) is 0 Å². The molecule has 4 rings (SSSR count). The molecule has 0 atom stereocenters. The summed E-state index contributed by atoms with van der Waals surface area (Å²) < 4.78 is 30.9. The first-order valence-corrected chi connectivity index (χ1v) is 14.1. The van der Waals surface area contributed by atoms with E-state index in [4.69, 9.17) is 25.8 Å². The van der Waals surface area contributed by atoms with Crippen molar-refractivity contribution >= 4 is 40.6 Å². The van der Waals surface area contributed by atoms with Crippen LogP contribution in [0.3, 0.4) is 0 Å². The number of amides is 2. The minimum atomic E-state index is -0.487. The number of benzene rings is 3. The summed E-state index contributed by atoms with van der Waals surface area (Å²) in [6.07, 6.45) is 1.63. The Bertz CT molecular complexity index is 1420. The number of imide groups is 1. The molecule has 0 saturated carbocycles. The average Bonchev–Trinajstić information content (AvgIpc) is 3.16. The molecule has 0 bridgehead atoms. The van der Waals surface area contributed by atoms with Crippen LogP contribution < -0.4 is 14.2 Å². The molecule has 1 fully saturated rings. The number of nitrogens with zero attached hydrogens (tertiary/aromatic N) is 1. The van der Waals surface area contributed by atoms with Crippen LogP contribution in [0.1, 0.15) is 44.4 Å². The molecule has 210 valence electrons. The third-order valence-corrected chi connectivity index (χ3v) is 7.37. The lowest BCUT2D eigenvalue weighted by atomic mass is 9.87. The largest absolute Gasteiger partial charge is 0.490 e. The number of thioether (sulfide) groups is 1. The second kappa shape index (κ2) is 12.8. The second-order valence-electron chi connectivity index (χ2n) is 10.1. The van der Waals surface area contributed by atoms with E-state index in [-0.39, 0.29) is 21.9 Å². The Balaban J connectivity index is 1.39. The summed E-state index contributed by atoms with van der Waals surface area (Å²) in [5, 5.41) is -0.265. The smallest absolute Gasteiger partial charge is 0.293 e. The molecule has 40 heavy (non-hydrogen) atoms. The minimum Gasteiger partial charge on any atom is -0.490 e. The molecule has 1 aliphatic heterocycles. The predicted molar refractivity (Wildman–Crippen MR) is 157 cm³/mol. The number of carbonyl (C=O) groups is 2. The van der Waals surface area contributed by atoms with Crippen LogP contribution in [0.5, 0.6) is 17.2 Å². The lowest BCUT2D eigenvalue weighted by molar-refractivity contribution is -0.123. The first-order valence-electron chi connectivity index (χ1n) is 12.9. The summed E-state index contributed by atoms with van der Waals surface area (Å²) in [5.41, 5.74) is 2.48. The first kappa shape index (κ1) is 29.5. The van der Waals surface area contributed by atoms with Gasteiger partial charge in [0.15, 0.2) is 11.5 Å². The molecule has 0 radical (unpaired) electrons. The predicted octanol–water partition coefficient (Wildman–Crippen LogP) is 7.87. The highest BCUT2D eigenvalue weighted by Crippen LogP contribution is 2.36. The third kappa shape index (κ3) is 7.37. The van der Waals surface area contributed by atoms with Crippen LogP contribution in [0, 0.1) is 5.82 Å². The Morgan fingerprint density at radius 1 is 0.925 bits per heavy atom. The minimum absolute atomic E-state index is 0.0408. The van der Waals surface area contributed by atoms with Gasteiger partial charge in [0.2, 0.25) is 0 Å². The van der Waals surface area contributed by atoms with Gasteiger partial charge in [0, 0.05) is 5.02 Å². The lowest BCUT2D eigenvalue weighted by Gasteiger charge is -2.19. The molecule has 6 nitrogen and oxygen atoms in total. The van der Waals surface area contributed by atoms with Gasteiger partial charge in [0.25, 0.3) is 11.1 Å². The fourth-order valence-electron chi connectivity index (χ4n) is 3.97. The van der Waals surface area contributed by atoms with E-state index in [0.29, 0.717) is 42.4 Å². The monoisotopic (exact) mass is 583 g/mol. The maximum atomic E-state index is 13.4. The Hall–Kier alpha value is -3.49. The quantitative estimate of drug-likeness (QED) is 0.179. The van der Waals surface area contributed by atoms with Crippen molar-refractivity contribution in [3.8, 4) is 17.2 Å². The molecule has 1 saturated heterocycles. The highest BCUT2D eigenvalue weighted by atomic mass is 35.5. The van der Waals surface area contributed by atoms with Crippen LogP contribution in [0.2, 0.25) is 5.02 Å². The van der Waals surface area contributed by atoms with Crippen LogP contribution >= 0.6 is 23.4 Å². The van der Waals surface area contributed by atoms with Gasteiger partial charge in [-0.25, -0.2) is 4.39 Å².